The number of thioether (sulfide) groups is 1. The van der Waals surface area contributed by atoms with Crippen molar-refractivity contribution in [2.24, 2.45) is 5.16 Å². The van der Waals surface area contributed by atoms with E-state index >= 15 is 0 Å². The predicted octanol–water partition coefficient (Wildman–Crippen LogP) is 9.10. The molecular weight excluding hydrogens is 874 g/mol. The number of benzene rings is 6. The van der Waals surface area contributed by atoms with Crippen LogP contribution in [0, 0.1) is 5.82 Å². The molecule has 2 N–H and O–H groups in total. The molecule has 9 rings (SSSR count). The van der Waals surface area contributed by atoms with Gasteiger partial charge < -0.3 is 24.9 Å². The summed E-state index contributed by atoms with van der Waals surface area (Å²) < 4.78 is 26.4. The number of carbonyl (C=O) groups is 3. The van der Waals surface area contributed by atoms with Crippen molar-refractivity contribution in [1.82, 2.24) is 15.2 Å². The van der Waals surface area contributed by atoms with Crippen LogP contribution in [0.25, 0.3) is 0 Å². The summed E-state index contributed by atoms with van der Waals surface area (Å²) in [6.45, 7) is -0.124. The van der Waals surface area contributed by atoms with Crippen molar-refractivity contribution in [3.8, 4) is 5.75 Å². The molecule has 2 atom stereocenters. The number of nitrogens with one attached hydrogen (secondary N) is 2. The number of thiazole rings is 1. The molecule has 0 aliphatic carbocycles. The van der Waals surface area contributed by atoms with Gasteiger partial charge in [0.05, 0.1) is 0 Å². The molecule has 14 heteroatoms. The first-order valence-corrected chi connectivity index (χ1v) is 23.0. The predicted molar refractivity (Wildman–Crippen MR) is 253 cm³/mol. The summed E-state index contributed by atoms with van der Waals surface area (Å²) in [7, 11) is 1.32. The summed E-state index contributed by atoms with van der Waals surface area (Å²) in [5.41, 5.74) is 4.03. The number of hydrogen-bond acceptors (Lipinski definition) is 11. The van der Waals surface area contributed by atoms with Crippen LogP contribution in [0.2, 0.25) is 0 Å². The minimum Gasteiger partial charge on any atom is -0.489 e. The molecule has 0 saturated carbocycles. The first-order chi connectivity index (χ1) is 32.3. The highest BCUT2D eigenvalue weighted by Gasteiger charge is 2.55. The quantitative estimate of drug-likeness (QED) is 0.0321. The fourth-order valence-corrected chi connectivity index (χ4v) is 10.2. The summed E-state index contributed by atoms with van der Waals surface area (Å²) in [6, 6.07) is 53.4. The lowest BCUT2D eigenvalue weighted by atomic mass is 9.77. The normalized spacial score (nSPS) is 16.0. The number of amides is 2. The number of carbonyl (C=O) groups excluding carboxylic acids is 3. The molecule has 1 aromatic heterocycles. The smallest absolute Gasteiger partial charge is 0.356 e. The van der Waals surface area contributed by atoms with Gasteiger partial charge in [0.2, 0.25) is 0 Å². The van der Waals surface area contributed by atoms with Crippen LogP contribution in [0.3, 0.4) is 0 Å². The van der Waals surface area contributed by atoms with Crippen LogP contribution in [0.1, 0.15) is 39.6 Å². The van der Waals surface area contributed by atoms with Gasteiger partial charge in [-0.25, -0.2) is 14.2 Å². The molecule has 6 aromatic carbocycles. The molecule has 7 aromatic rings. The van der Waals surface area contributed by atoms with Crippen LogP contribution in [-0.4, -0.2) is 64.3 Å². The highest BCUT2D eigenvalue weighted by molar-refractivity contribution is 8.00. The zero-order valence-electron chi connectivity index (χ0n) is 35.5. The molecule has 11 nitrogen and oxygen atoms in total. The van der Waals surface area contributed by atoms with Gasteiger partial charge in [-0.1, -0.05) is 163 Å². The van der Waals surface area contributed by atoms with Gasteiger partial charge in [-0.15, -0.1) is 23.1 Å². The number of aromatic nitrogens is 1. The molecule has 2 aliphatic rings. The number of β-lactam (4-membered cyclic amide) rings is 1. The second-order valence-corrected chi connectivity index (χ2v) is 17.3. The number of ether oxygens (including phenoxy) is 2. The Bertz CT molecular complexity index is 2750. The first-order valence-electron chi connectivity index (χ1n) is 21.0. The molecule has 3 heterocycles. The summed E-state index contributed by atoms with van der Waals surface area (Å²) in [4.78, 5) is 54.4. The fraction of sp³-hybridized carbons (Fsp3) is 0.135. The molecule has 2 amide bonds. The maximum Gasteiger partial charge on any atom is 0.356 e. The number of rotatable bonds is 16. The largest absolute Gasteiger partial charge is 0.489 e. The number of anilines is 1. The van der Waals surface area contributed by atoms with Crippen LogP contribution in [0.15, 0.2) is 198 Å². The van der Waals surface area contributed by atoms with Crippen molar-refractivity contribution in [3.05, 3.63) is 232 Å². The maximum absolute atomic E-state index is 14.5. The third-order valence-electron chi connectivity index (χ3n) is 11.2. The van der Waals surface area contributed by atoms with E-state index in [2.05, 4.69) is 52.2 Å². The van der Waals surface area contributed by atoms with Crippen molar-refractivity contribution in [3.63, 3.8) is 0 Å². The third kappa shape index (κ3) is 8.93. The Labute approximate surface area is 388 Å². The number of nitrogens with zero attached hydrogens (tertiary/aromatic N) is 3. The van der Waals surface area contributed by atoms with Gasteiger partial charge in [0, 0.05) is 22.8 Å². The summed E-state index contributed by atoms with van der Waals surface area (Å²) >= 11 is 2.64. The molecule has 330 valence electrons. The van der Waals surface area contributed by atoms with Crippen molar-refractivity contribution in [1.29, 1.82) is 0 Å². The Hall–Kier alpha value is -7.55. The second-order valence-electron chi connectivity index (χ2n) is 15.3. The van der Waals surface area contributed by atoms with Gasteiger partial charge in [0.15, 0.2) is 16.9 Å². The Balaban J connectivity index is 0.985. The van der Waals surface area contributed by atoms with Gasteiger partial charge in [-0.3, -0.25) is 14.5 Å². The maximum atomic E-state index is 14.5. The summed E-state index contributed by atoms with van der Waals surface area (Å²) in [5, 5.41) is 12.2. The topological polar surface area (TPSA) is 131 Å². The molecule has 66 heavy (non-hydrogen) atoms. The van der Waals surface area contributed by atoms with E-state index in [0.29, 0.717) is 10.7 Å². The molecular formula is C52H42FN5O6S2. The van der Waals surface area contributed by atoms with E-state index in [4.69, 9.17) is 19.3 Å². The summed E-state index contributed by atoms with van der Waals surface area (Å²) in [6.07, 6.45) is -0.804. The second kappa shape index (κ2) is 19.7. The molecule has 1 saturated heterocycles. The van der Waals surface area contributed by atoms with Gasteiger partial charge in [-0.05, 0) is 39.9 Å². The fourth-order valence-electron chi connectivity index (χ4n) is 8.14. The SMILES string of the molecule is CON=C(C(=O)NC1C(=O)N2C(C(=O)OC(c3ccccc3)c3ccccc3)=C(COc3cccc(F)c3)CS[C@@H]12)c1csc(NC(c2ccccc2)(c2ccccc2)c2ccccc2)n1. The number of fused-ring (bicyclic) bond motifs is 1. The lowest BCUT2D eigenvalue weighted by Crippen LogP contribution is -2.71. The van der Waals surface area contributed by atoms with E-state index < -0.39 is 46.7 Å². The van der Waals surface area contributed by atoms with E-state index in [9.17, 15) is 18.8 Å². The Morgan fingerprint density at radius 1 is 0.803 bits per heavy atom. The Morgan fingerprint density at radius 2 is 1.36 bits per heavy atom. The third-order valence-corrected chi connectivity index (χ3v) is 13.3. The number of oxime groups is 1. The molecule has 0 spiro atoms. The molecule has 2 aliphatic heterocycles. The van der Waals surface area contributed by atoms with Crippen LogP contribution >= 0.6 is 23.1 Å². The van der Waals surface area contributed by atoms with Crippen LogP contribution in [0.5, 0.6) is 5.75 Å². The lowest BCUT2D eigenvalue weighted by Gasteiger charge is -2.49. The lowest BCUT2D eigenvalue weighted by molar-refractivity contribution is -0.154. The average Bonchev–Trinajstić information content (AvgIpc) is 3.83. The van der Waals surface area contributed by atoms with Gasteiger partial charge in [0.1, 0.15) is 53.6 Å². The van der Waals surface area contributed by atoms with E-state index in [1.807, 2.05) is 115 Å². The monoisotopic (exact) mass is 915 g/mol. The molecule has 1 fully saturated rings. The van der Waals surface area contributed by atoms with Crippen LogP contribution in [0.4, 0.5) is 9.52 Å². The van der Waals surface area contributed by atoms with Gasteiger partial charge >= 0.3 is 5.97 Å². The summed E-state index contributed by atoms with van der Waals surface area (Å²) in [5.74, 6) is -1.98. The van der Waals surface area contributed by atoms with Crippen molar-refractivity contribution < 1.29 is 33.1 Å². The van der Waals surface area contributed by atoms with Crippen LogP contribution in [-0.2, 0) is 29.5 Å². The van der Waals surface area contributed by atoms with E-state index in [1.54, 1.807) is 11.4 Å². The van der Waals surface area contributed by atoms with E-state index in [-0.39, 0.29) is 35.2 Å². The average molecular weight is 916 g/mol. The molecule has 0 bridgehead atoms. The first kappa shape index (κ1) is 43.7. The number of hydrogen-bond donors (Lipinski definition) is 2. The number of esters is 1. The van der Waals surface area contributed by atoms with E-state index in [0.717, 1.165) is 27.8 Å². The van der Waals surface area contributed by atoms with Crippen molar-refractivity contribution in [2.45, 2.75) is 23.1 Å². The zero-order chi connectivity index (χ0) is 45.5. The zero-order valence-corrected chi connectivity index (χ0v) is 37.1. The van der Waals surface area contributed by atoms with Gasteiger partial charge in [0.25, 0.3) is 11.8 Å². The minimum absolute atomic E-state index is 0.00208. The van der Waals surface area contributed by atoms with E-state index in [1.165, 1.54) is 53.3 Å². The highest BCUT2D eigenvalue weighted by Crippen LogP contribution is 2.43. The standard InChI is InChI=1S/C52H42FN5O6S2/c1-62-57-43(42-33-66-51(54-42)56-52(37-22-11-4-12-23-37,38-24-13-5-14-25-38)39-26-15-6-16-27-39)47(59)55-44-48(60)58-45(36(32-65-49(44)58)31-63-41-29-17-28-40(53)30-41)50(61)64-46(34-18-7-2-8-19-34)35-20-9-3-10-21-35/h2-30,33,44,46,49H,31-32H2,1H3,(H,54,56)(H,55,59)/t44?,49-/m0/s1. The van der Waals surface area contributed by atoms with Crippen molar-refractivity contribution >= 4 is 51.7 Å². The number of halogens is 1. The Kier molecular flexibility index (Phi) is 13.0. The highest BCUT2D eigenvalue weighted by atomic mass is 32.2. The van der Waals surface area contributed by atoms with Crippen molar-refractivity contribution in [2.75, 3.05) is 24.8 Å². The molecule has 1 unspecified atom stereocenters. The van der Waals surface area contributed by atoms with Gasteiger partial charge in [-0.2, -0.15) is 0 Å². The molecule has 0 radical (unpaired) electrons. The Morgan fingerprint density at radius 3 is 1.91 bits per heavy atom. The minimum atomic E-state index is -1.05. The van der Waals surface area contributed by atoms with Crippen LogP contribution < -0.4 is 15.4 Å².